The molecular formula is C22H20ClN3O3. The van der Waals surface area contributed by atoms with Gasteiger partial charge in [0.05, 0.1) is 19.2 Å². The number of carbonyl (C=O) groups is 2. The fourth-order valence-corrected chi connectivity index (χ4v) is 4.75. The molecule has 1 aromatic heterocycles. The van der Waals surface area contributed by atoms with Crippen LogP contribution in [-0.4, -0.2) is 57.4 Å². The number of β-amino-alcohol motifs (C(OH)–C–C–N with tert-alkyl or cyclic N) is 1. The summed E-state index contributed by atoms with van der Waals surface area (Å²) in [6, 6.07) is 14.4. The lowest BCUT2D eigenvalue weighted by Gasteiger charge is -2.47. The second-order valence-electron chi connectivity index (χ2n) is 7.52. The molecule has 2 N–H and O–H groups in total. The molecule has 7 heteroatoms. The molecule has 0 saturated carbocycles. The van der Waals surface area contributed by atoms with E-state index < -0.39 is 6.04 Å². The van der Waals surface area contributed by atoms with Gasteiger partial charge in [-0.05, 0) is 29.3 Å². The van der Waals surface area contributed by atoms with Crippen LogP contribution in [0.2, 0.25) is 5.02 Å². The van der Waals surface area contributed by atoms with Crippen LogP contribution in [0.25, 0.3) is 10.9 Å². The van der Waals surface area contributed by atoms with E-state index in [2.05, 4.69) is 4.98 Å². The fraction of sp³-hybridized carbons (Fsp3) is 0.273. The molecule has 0 aliphatic carbocycles. The molecule has 5 rings (SSSR count). The molecule has 0 unspecified atom stereocenters. The van der Waals surface area contributed by atoms with E-state index in [1.165, 1.54) is 4.90 Å². The minimum absolute atomic E-state index is 0.0183. The molecule has 3 heterocycles. The third-order valence-corrected chi connectivity index (χ3v) is 6.15. The third-order valence-electron chi connectivity index (χ3n) is 5.90. The molecule has 148 valence electrons. The van der Waals surface area contributed by atoms with Gasteiger partial charge in [-0.15, -0.1) is 0 Å². The monoisotopic (exact) mass is 409 g/mol. The number of hydrogen-bond acceptors (Lipinski definition) is 3. The van der Waals surface area contributed by atoms with Gasteiger partial charge in [0.1, 0.15) is 6.04 Å². The second-order valence-corrected chi connectivity index (χ2v) is 7.96. The number of aromatic nitrogens is 1. The van der Waals surface area contributed by atoms with Crippen molar-refractivity contribution >= 4 is 34.3 Å². The quantitative estimate of drug-likeness (QED) is 0.697. The number of rotatable bonds is 3. The van der Waals surface area contributed by atoms with Gasteiger partial charge < -0.3 is 19.9 Å². The maximum Gasteiger partial charge on any atom is 0.246 e. The Hall–Kier alpha value is -2.83. The van der Waals surface area contributed by atoms with E-state index in [0.717, 1.165) is 27.7 Å². The number of H-pyrrole nitrogens is 1. The predicted molar refractivity (Wildman–Crippen MR) is 110 cm³/mol. The lowest BCUT2D eigenvalue weighted by Crippen LogP contribution is -2.63. The van der Waals surface area contributed by atoms with E-state index in [-0.39, 0.29) is 37.6 Å². The van der Waals surface area contributed by atoms with Crippen LogP contribution in [0.1, 0.15) is 22.9 Å². The van der Waals surface area contributed by atoms with Crippen molar-refractivity contribution in [3.05, 3.63) is 70.4 Å². The average Bonchev–Trinajstić information content (AvgIpc) is 3.10. The first kappa shape index (κ1) is 18.2. The minimum Gasteiger partial charge on any atom is -0.395 e. The Morgan fingerprint density at radius 2 is 1.86 bits per heavy atom. The van der Waals surface area contributed by atoms with Crippen LogP contribution in [0.15, 0.2) is 48.5 Å². The summed E-state index contributed by atoms with van der Waals surface area (Å²) >= 11 is 6.09. The van der Waals surface area contributed by atoms with Crippen LogP contribution >= 0.6 is 11.6 Å². The topological polar surface area (TPSA) is 76.6 Å². The number of nitrogens with one attached hydrogen (secondary N) is 1. The molecule has 2 atom stereocenters. The Morgan fingerprint density at radius 3 is 2.62 bits per heavy atom. The van der Waals surface area contributed by atoms with Crippen LogP contribution in [0.5, 0.6) is 0 Å². The van der Waals surface area contributed by atoms with Gasteiger partial charge in [-0.3, -0.25) is 9.59 Å². The van der Waals surface area contributed by atoms with Crippen molar-refractivity contribution in [2.75, 3.05) is 19.7 Å². The summed E-state index contributed by atoms with van der Waals surface area (Å²) in [4.78, 5) is 33.0. The van der Waals surface area contributed by atoms with E-state index >= 15 is 0 Å². The van der Waals surface area contributed by atoms with Crippen molar-refractivity contribution < 1.29 is 14.7 Å². The number of hydrogen-bond donors (Lipinski definition) is 2. The lowest BCUT2D eigenvalue weighted by atomic mass is 9.86. The van der Waals surface area contributed by atoms with Crippen molar-refractivity contribution in [1.29, 1.82) is 0 Å². The number of aromatic amines is 1. The van der Waals surface area contributed by atoms with Crippen molar-refractivity contribution in [2.45, 2.75) is 18.5 Å². The number of halogens is 1. The number of fused-ring (bicyclic) bond motifs is 4. The number of piperazine rings is 1. The van der Waals surface area contributed by atoms with Crippen LogP contribution in [0.4, 0.5) is 0 Å². The van der Waals surface area contributed by atoms with E-state index in [4.69, 9.17) is 11.6 Å². The van der Waals surface area contributed by atoms with Gasteiger partial charge in [0, 0.05) is 34.6 Å². The Labute approximate surface area is 172 Å². The van der Waals surface area contributed by atoms with Gasteiger partial charge in [-0.2, -0.15) is 0 Å². The van der Waals surface area contributed by atoms with Gasteiger partial charge >= 0.3 is 0 Å². The van der Waals surface area contributed by atoms with E-state index in [0.29, 0.717) is 11.4 Å². The molecule has 3 aromatic rings. The van der Waals surface area contributed by atoms with Crippen LogP contribution in [0, 0.1) is 0 Å². The highest BCUT2D eigenvalue weighted by molar-refractivity contribution is 6.30. The van der Waals surface area contributed by atoms with Gasteiger partial charge in [-0.25, -0.2) is 0 Å². The Balaban J connectivity index is 1.70. The first-order valence-corrected chi connectivity index (χ1v) is 10.0. The first-order valence-electron chi connectivity index (χ1n) is 9.64. The molecule has 29 heavy (non-hydrogen) atoms. The molecule has 2 aliphatic rings. The molecule has 0 radical (unpaired) electrons. The van der Waals surface area contributed by atoms with Crippen LogP contribution < -0.4 is 0 Å². The highest BCUT2D eigenvalue weighted by Crippen LogP contribution is 2.42. The molecule has 2 aromatic carbocycles. The summed E-state index contributed by atoms with van der Waals surface area (Å²) in [6.07, 6.45) is 0.454. The summed E-state index contributed by atoms with van der Waals surface area (Å²) in [5, 5.41) is 11.0. The van der Waals surface area contributed by atoms with Crippen molar-refractivity contribution in [3.8, 4) is 0 Å². The lowest BCUT2D eigenvalue weighted by molar-refractivity contribution is -0.159. The molecule has 0 bridgehead atoms. The summed E-state index contributed by atoms with van der Waals surface area (Å²) in [5.74, 6) is -0.235. The summed E-state index contributed by atoms with van der Waals surface area (Å²) in [7, 11) is 0. The standard InChI is InChI=1S/C22H20ClN3O3/c23-14-7-5-13(6-8-14)21-20-16(15-3-1-2-4-17(15)24-20)11-18-22(29)25(9-10-27)12-19(28)26(18)21/h1-8,18,21,24,27H,9-12H2/t18-,21-/m0/s1. The maximum absolute atomic E-state index is 13.2. The molecular weight excluding hydrogens is 390 g/mol. The second kappa shape index (κ2) is 6.90. The minimum atomic E-state index is -0.588. The number of carbonyl (C=O) groups excluding carboxylic acids is 2. The number of benzene rings is 2. The normalized spacial score (nSPS) is 21.4. The van der Waals surface area contributed by atoms with Gasteiger partial charge in [0.25, 0.3) is 0 Å². The molecule has 0 spiro atoms. The Bertz CT molecular complexity index is 1110. The molecule has 6 nitrogen and oxygen atoms in total. The number of amides is 2. The zero-order valence-electron chi connectivity index (χ0n) is 15.6. The summed E-state index contributed by atoms with van der Waals surface area (Å²) < 4.78 is 0. The summed E-state index contributed by atoms with van der Waals surface area (Å²) in [5.41, 5.74) is 3.91. The average molecular weight is 410 g/mol. The highest BCUT2D eigenvalue weighted by Gasteiger charge is 2.47. The Kier molecular flexibility index (Phi) is 4.33. The third kappa shape index (κ3) is 2.82. The van der Waals surface area contributed by atoms with Crippen LogP contribution in [0.3, 0.4) is 0 Å². The number of aliphatic hydroxyl groups excluding tert-OH is 1. The molecule has 2 amide bonds. The SMILES string of the molecule is O=C1[C@@H]2Cc3c([nH]c4ccccc34)[C@H](c3ccc(Cl)cc3)N2C(=O)CN1CCO. The predicted octanol–water partition coefficient (Wildman–Crippen LogP) is 2.50. The van der Waals surface area contributed by atoms with Gasteiger partial charge in [0.2, 0.25) is 11.8 Å². The maximum atomic E-state index is 13.2. The van der Waals surface area contributed by atoms with Crippen LogP contribution in [-0.2, 0) is 16.0 Å². The molecule has 1 saturated heterocycles. The van der Waals surface area contributed by atoms with E-state index in [9.17, 15) is 14.7 Å². The molecule has 2 aliphatic heterocycles. The summed E-state index contributed by atoms with van der Waals surface area (Å²) in [6.45, 7) is -0.0124. The zero-order valence-corrected chi connectivity index (χ0v) is 16.4. The zero-order chi connectivity index (χ0) is 20.1. The van der Waals surface area contributed by atoms with E-state index in [1.54, 1.807) is 17.0 Å². The number of nitrogens with zero attached hydrogens (tertiary/aromatic N) is 2. The number of para-hydroxylation sites is 1. The van der Waals surface area contributed by atoms with Crippen molar-refractivity contribution in [1.82, 2.24) is 14.8 Å². The largest absolute Gasteiger partial charge is 0.395 e. The van der Waals surface area contributed by atoms with Crippen molar-refractivity contribution in [2.24, 2.45) is 0 Å². The number of aliphatic hydroxyl groups is 1. The van der Waals surface area contributed by atoms with Crippen molar-refractivity contribution in [3.63, 3.8) is 0 Å². The Morgan fingerprint density at radius 1 is 1.10 bits per heavy atom. The van der Waals surface area contributed by atoms with Gasteiger partial charge in [0.15, 0.2) is 0 Å². The highest BCUT2D eigenvalue weighted by atomic mass is 35.5. The molecule has 1 fully saturated rings. The fourth-order valence-electron chi connectivity index (χ4n) is 4.62. The first-order chi connectivity index (χ1) is 14.1. The van der Waals surface area contributed by atoms with Gasteiger partial charge in [-0.1, -0.05) is 41.9 Å². The smallest absolute Gasteiger partial charge is 0.246 e. The van der Waals surface area contributed by atoms with E-state index in [1.807, 2.05) is 36.4 Å².